The molecule has 2 N–H and O–H groups in total. The lowest BCUT2D eigenvalue weighted by Gasteiger charge is -2.35. The van der Waals surface area contributed by atoms with Crippen molar-refractivity contribution in [1.82, 2.24) is 19.7 Å². The Morgan fingerprint density at radius 1 is 1.08 bits per heavy atom. The monoisotopic (exact) mass is 537 g/mol. The van der Waals surface area contributed by atoms with Gasteiger partial charge in [0, 0.05) is 43.0 Å². The number of anilines is 2. The molecule has 0 radical (unpaired) electrons. The third kappa shape index (κ3) is 5.00. The van der Waals surface area contributed by atoms with Gasteiger partial charge in [0.25, 0.3) is 11.5 Å². The molecule has 0 unspecified atom stereocenters. The van der Waals surface area contributed by atoms with Crippen molar-refractivity contribution >= 4 is 44.5 Å². The summed E-state index contributed by atoms with van der Waals surface area (Å²) in [6, 6.07) is 9.79. The molecule has 1 aromatic carbocycles. The van der Waals surface area contributed by atoms with E-state index in [1.165, 1.54) is 28.3 Å². The van der Waals surface area contributed by atoms with Crippen molar-refractivity contribution in [3.05, 3.63) is 74.1 Å². The van der Waals surface area contributed by atoms with Crippen LogP contribution in [0.5, 0.6) is 5.75 Å². The fraction of sp³-hybridized carbons (Fsp3) is 0.280. The van der Waals surface area contributed by atoms with Gasteiger partial charge in [0.2, 0.25) is 0 Å². The van der Waals surface area contributed by atoms with Crippen molar-refractivity contribution in [3.8, 4) is 11.4 Å². The van der Waals surface area contributed by atoms with Crippen LogP contribution in [0.25, 0.3) is 16.5 Å². The van der Waals surface area contributed by atoms with Crippen LogP contribution >= 0.6 is 11.3 Å². The number of piperazine rings is 1. The predicted octanol–water partition coefficient (Wildman–Crippen LogP) is 3.33. The second-order valence-electron chi connectivity index (χ2n) is 8.06. The molecule has 0 bridgehead atoms. The summed E-state index contributed by atoms with van der Waals surface area (Å²) < 4.78 is 6.38. The maximum Gasteiger partial charge on any atom is 0.363 e. The summed E-state index contributed by atoms with van der Waals surface area (Å²) >= 11 is 1.19. The number of carbonyl (C=O) groups is 1. The first kappa shape index (κ1) is 26.5. The lowest BCUT2D eigenvalue weighted by Crippen LogP contribution is -2.49. The van der Waals surface area contributed by atoms with E-state index < -0.39 is 10.5 Å². The third-order valence-corrected chi connectivity index (χ3v) is 6.86. The molecular formula is C25H27N7O5S. The van der Waals surface area contributed by atoms with Crippen molar-refractivity contribution in [3.63, 3.8) is 0 Å². The zero-order valence-electron chi connectivity index (χ0n) is 21.2. The Balaban J connectivity index is 0.00000164. The minimum absolute atomic E-state index is 0.152. The molecule has 4 aromatic rings. The van der Waals surface area contributed by atoms with Gasteiger partial charge in [-0.05, 0) is 40.2 Å². The Kier molecular flexibility index (Phi) is 7.86. The van der Waals surface area contributed by atoms with Crippen LogP contribution in [0.4, 0.5) is 16.5 Å². The number of hydrogen-bond donors (Lipinski definition) is 1. The second kappa shape index (κ2) is 11.3. The van der Waals surface area contributed by atoms with Crippen LogP contribution in [0.2, 0.25) is 0 Å². The molecular weight excluding hydrogens is 510 g/mol. The number of nitro groups is 1. The Morgan fingerprint density at radius 2 is 1.74 bits per heavy atom. The van der Waals surface area contributed by atoms with Crippen molar-refractivity contribution in [2.45, 2.75) is 13.8 Å². The van der Waals surface area contributed by atoms with E-state index in [0.29, 0.717) is 48.0 Å². The van der Waals surface area contributed by atoms with Gasteiger partial charge in [-0.3, -0.25) is 9.59 Å². The average molecular weight is 538 g/mol. The fourth-order valence-electron chi connectivity index (χ4n) is 4.12. The number of ether oxygens (including phenoxy) is 1. The van der Waals surface area contributed by atoms with Gasteiger partial charge in [0.15, 0.2) is 11.9 Å². The zero-order chi connectivity index (χ0) is 27.4. The number of methoxy groups -OCH3 is 1. The molecule has 1 aliphatic rings. The number of hydrogen-bond acceptors (Lipinski definition) is 10. The Labute approximate surface area is 222 Å². The van der Waals surface area contributed by atoms with E-state index in [0.717, 1.165) is 5.69 Å². The molecule has 1 saturated heterocycles. The number of rotatable bonds is 5. The number of benzene rings is 1. The van der Waals surface area contributed by atoms with Crippen molar-refractivity contribution in [2.75, 3.05) is 43.9 Å². The number of amides is 1. The van der Waals surface area contributed by atoms with E-state index in [4.69, 9.17) is 10.5 Å². The highest BCUT2D eigenvalue weighted by Crippen LogP contribution is 2.29. The number of thiophene rings is 1. The summed E-state index contributed by atoms with van der Waals surface area (Å²) in [7, 11) is 1.55. The summed E-state index contributed by atoms with van der Waals surface area (Å²) in [6.07, 6.45) is 1.46. The number of pyridine rings is 1. The summed E-state index contributed by atoms with van der Waals surface area (Å²) in [6.45, 7) is 5.83. The summed E-state index contributed by atoms with van der Waals surface area (Å²) in [5.41, 5.74) is 7.08. The van der Waals surface area contributed by atoms with E-state index >= 15 is 0 Å². The Morgan fingerprint density at radius 3 is 2.32 bits per heavy atom. The van der Waals surface area contributed by atoms with E-state index in [1.54, 1.807) is 47.7 Å². The minimum atomic E-state index is -0.545. The van der Waals surface area contributed by atoms with E-state index in [1.807, 2.05) is 18.7 Å². The molecule has 38 heavy (non-hydrogen) atoms. The molecule has 3 aromatic heterocycles. The smallest absolute Gasteiger partial charge is 0.363 e. The quantitative estimate of drug-likeness (QED) is 0.299. The molecule has 1 fully saturated rings. The van der Waals surface area contributed by atoms with E-state index in [9.17, 15) is 19.7 Å². The molecule has 1 amide bonds. The third-order valence-electron chi connectivity index (χ3n) is 6.05. The van der Waals surface area contributed by atoms with E-state index in [-0.39, 0.29) is 22.8 Å². The molecule has 0 saturated carbocycles. The number of nitrogens with two attached hydrogens (primary N) is 1. The standard InChI is InChI=1S/C23H21N7O5S.C2H6/c1-35-16-5-2-14(3-6-16)29-22(31)19-17(13-36-21(19)24)20(26-29)23(32)28-10-8-27(9-11-28)15-4-7-18(25-12-15)30(33)34;1-2/h2-7,12-13H,8-11,24H2,1H3;1-2H3. The first-order chi connectivity index (χ1) is 18.4. The molecule has 198 valence electrons. The molecule has 0 aliphatic carbocycles. The van der Waals surface area contributed by atoms with Crippen LogP contribution in [0.3, 0.4) is 0 Å². The normalized spacial score (nSPS) is 13.1. The molecule has 0 spiro atoms. The first-order valence-corrected chi connectivity index (χ1v) is 12.8. The SMILES string of the molecule is CC.COc1ccc(-n2nc(C(=O)N3CCN(c4ccc([N+](=O)[O-])nc4)CC3)c3csc(N)c3c2=O)cc1. The zero-order valence-corrected chi connectivity index (χ0v) is 22.0. The highest BCUT2D eigenvalue weighted by molar-refractivity contribution is 7.15. The second-order valence-corrected chi connectivity index (χ2v) is 8.97. The van der Waals surface area contributed by atoms with Gasteiger partial charge in [-0.25, -0.2) is 0 Å². The number of fused-ring (bicyclic) bond motifs is 1. The Bertz CT molecular complexity index is 1510. The maximum absolute atomic E-state index is 13.6. The molecule has 5 rings (SSSR count). The van der Waals surface area contributed by atoms with Gasteiger partial charge in [-0.1, -0.05) is 13.8 Å². The van der Waals surface area contributed by atoms with Crippen LogP contribution in [0, 0.1) is 10.1 Å². The van der Waals surface area contributed by atoms with Crippen molar-refractivity contribution < 1.29 is 14.5 Å². The lowest BCUT2D eigenvalue weighted by molar-refractivity contribution is -0.389. The van der Waals surface area contributed by atoms with Gasteiger partial charge in [-0.2, -0.15) is 9.78 Å². The van der Waals surface area contributed by atoms with Gasteiger partial charge < -0.3 is 30.4 Å². The predicted molar refractivity (Wildman–Crippen MR) is 147 cm³/mol. The highest BCUT2D eigenvalue weighted by Gasteiger charge is 2.28. The molecule has 0 atom stereocenters. The number of nitrogens with zero attached hydrogens (tertiary/aromatic N) is 6. The fourth-order valence-corrected chi connectivity index (χ4v) is 4.91. The van der Waals surface area contributed by atoms with Crippen LogP contribution in [-0.2, 0) is 0 Å². The molecule has 4 heterocycles. The van der Waals surface area contributed by atoms with Gasteiger partial charge in [0.1, 0.15) is 5.75 Å². The minimum Gasteiger partial charge on any atom is -0.497 e. The maximum atomic E-state index is 13.6. The van der Waals surface area contributed by atoms with Gasteiger partial charge in [0.05, 0.1) is 28.9 Å². The van der Waals surface area contributed by atoms with Crippen LogP contribution in [0.15, 0.2) is 52.8 Å². The summed E-state index contributed by atoms with van der Waals surface area (Å²) in [4.78, 5) is 44.6. The highest BCUT2D eigenvalue weighted by atomic mass is 32.1. The van der Waals surface area contributed by atoms with E-state index in [2.05, 4.69) is 10.1 Å². The topological polar surface area (TPSA) is 150 Å². The van der Waals surface area contributed by atoms with Crippen LogP contribution in [-0.4, -0.2) is 63.8 Å². The van der Waals surface area contributed by atoms with Crippen LogP contribution in [0.1, 0.15) is 24.3 Å². The first-order valence-electron chi connectivity index (χ1n) is 12.0. The Hall–Kier alpha value is -4.52. The van der Waals surface area contributed by atoms with Crippen LogP contribution < -0.4 is 20.9 Å². The summed E-state index contributed by atoms with van der Waals surface area (Å²) in [5, 5.41) is 18.0. The average Bonchev–Trinajstić information content (AvgIpc) is 3.36. The molecule has 1 aliphatic heterocycles. The van der Waals surface area contributed by atoms with Crippen molar-refractivity contribution in [1.29, 1.82) is 0 Å². The largest absolute Gasteiger partial charge is 0.497 e. The number of carbonyl (C=O) groups excluding carboxylic acids is 1. The van der Waals surface area contributed by atoms with Gasteiger partial charge >= 0.3 is 5.82 Å². The number of aromatic nitrogens is 3. The molecule has 12 nitrogen and oxygen atoms in total. The van der Waals surface area contributed by atoms with Crippen molar-refractivity contribution in [2.24, 2.45) is 0 Å². The number of nitrogen functional groups attached to an aromatic ring is 1. The summed E-state index contributed by atoms with van der Waals surface area (Å²) in [5.74, 6) is 0.103. The van der Waals surface area contributed by atoms with Gasteiger partial charge in [-0.15, -0.1) is 11.3 Å². The lowest BCUT2D eigenvalue weighted by atomic mass is 10.2. The molecule has 13 heteroatoms.